The molecule has 448 valence electrons. The minimum absolute atomic E-state index is 0.126. The number of likely N-dealkylation sites (N-methyl/N-ethyl adjacent to an activating group) is 1. The fourth-order valence-corrected chi connectivity index (χ4v) is 10.3. The van der Waals surface area contributed by atoms with Crippen LogP contribution in [0.25, 0.3) is 0 Å². The molecule has 80 heavy (non-hydrogen) atoms. The zero-order valence-corrected chi connectivity index (χ0v) is 46.9. The van der Waals surface area contributed by atoms with Gasteiger partial charge in [0.15, 0.2) is 12.1 Å². The van der Waals surface area contributed by atoms with E-state index >= 15 is 0 Å². The lowest BCUT2D eigenvalue weighted by molar-refractivity contribution is -0.309. The predicted molar refractivity (Wildman–Crippen MR) is 298 cm³/mol. The van der Waals surface area contributed by atoms with Crippen LogP contribution < -0.4 is 5.32 Å². The van der Waals surface area contributed by atoms with Crippen molar-refractivity contribution in [1.82, 2.24) is 10.2 Å². The highest BCUT2D eigenvalue weighted by Gasteiger charge is 2.51. The summed E-state index contributed by atoms with van der Waals surface area (Å²) in [6.45, 7) is 11.7. The third-order valence-electron chi connectivity index (χ3n) is 15.1. The maximum absolute atomic E-state index is 14.2. The number of cyclic esters (lactones) is 1. The van der Waals surface area contributed by atoms with Crippen molar-refractivity contribution in [2.75, 3.05) is 13.1 Å². The molecule has 20 nitrogen and oxygen atoms in total. The van der Waals surface area contributed by atoms with Gasteiger partial charge < -0.3 is 80.4 Å². The van der Waals surface area contributed by atoms with Gasteiger partial charge in [-0.1, -0.05) is 143 Å². The Kier molecular flexibility index (Phi) is 28.8. The Labute approximate surface area is 470 Å². The number of benzene rings is 1. The summed E-state index contributed by atoms with van der Waals surface area (Å²) >= 11 is 0. The standard InChI is InChI=1S/C60H90N2O18/c1-7-62(8-2)46(30-41-25-21-19-22-26-41)57(73)61-53-55(71)40(6)78-59(56(53)72)79-45-27-23-18-16-14-12-10-9-11-13-15-17-20-24-37(3)54(70)38(4)39(5)77-51(69)33-43(64)31-42(63)28-29-47(66)48(67)32-44(65)35-60(76)36-49(68)52(58(74)75)50(34-45)80-60/h9-27,37-40,42-50,52-56,59,63-68,70-72,76H,7-8,28-36H2,1-6H3,(H,61,73)(H,74,75)/b10-9+,13-11+,14-12+,17-15+,18-16+,24-20+,27-23+/t37-,38-,39-,40-,42+,43+,44-,45-,46-,47+,48+,49-,50-,52+,53-,54+,55+,56-,59-,60+/m0/s1. The number of amides is 1. The molecule has 0 radical (unpaired) electrons. The molecule has 1 aromatic carbocycles. The highest BCUT2D eigenvalue weighted by Crippen LogP contribution is 2.38. The van der Waals surface area contributed by atoms with Gasteiger partial charge >= 0.3 is 11.9 Å². The Bertz CT molecular complexity index is 2240. The van der Waals surface area contributed by atoms with E-state index in [9.17, 15) is 70.6 Å². The molecule has 2 fully saturated rings. The largest absolute Gasteiger partial charge is 0.481 e. The van der Waals surface area contributed by atoms with Crippen LogP contribution in [0.15, 0.2) is 115 Å². The van der Waals surface area contributed by atoms with E-state index < -0.39 is 165 Å². The maximum Gasteiger partial charge on any atom is 0.311 e. The van der Waals surface area contributed by atoms with Crippen molar-refractivity contribution in [2.24, 2.45) is 17.8 Å². The highest BCUT2D eigenvalue weighted by atomic mass is 16.7. The molecule has 0 spiro atoms. The minimum Gasteiger partial charge on any atom is -0.481 e. The monoisotopic (exact) mass is 1130 g/mol. The first-order valence-corrected chi connectivity index (χ1v) is 28.0. The van der Waals surface area contributed by atoms with Gasteiger partial charge in [-0.25, -0.2) is 0 Å². The molecule has 2 saturated heterocycles. The summed E-state index contributed by atoms with van der Waals surface area (Å²) in [4.78, 5) is 41.6. The van der Waals surface area contributed by atoms with Gasteiger partial charge in [-0.05, 0) is 58.2 Å². The van der Waals surface area contributed by atoms with E-state index in [2.05, 4.69) is 5.32 Å². The first-order valence-electron chi connectivity index (χ1n) is 28.0. The van der Waals surface area contributed by atoms with Crippen molar-refractivity contribution in [2.45, 2.75) is 203 Å². The van der Waals surface area contributed by atoms with Crippen LogP contribution in [0.4, 0.5) is 0 Å². The summed E-state index contributed by atoms with van der Waals surface area (Å²) in [5.41, 5.74) is 0.902. The summed E-state index contributed by atoms with van der Waals surface area (Å²) in [7, 11) is 0. The third kappa shape index (κ3) is 21.9. The Morgan fingerprint density at radius 1 is 0.688 bits per heavy atom. The predicted octanol–water partition coefficient (Wildman–Crippen LogP) is 2.82. The second-order valence-corrected chi connectivity index (χ2v) is 21.5. The number of fused-ring (bicyclic) bond motifs is 2. The molecular formula is C60H90N2O18. The average Bonchev–Trinajstić information content (AvgIpc) is 3.53. The molecule has 0 aromatic heterocycles. The van der Waals surface area contributed by atoms with Gasteiger partial charge in [0.05, 0.1) is 79.5 Å². The van der Waals surface area contributed by atoms with Gasteiger partial charge in [-0.3, -0.25) is 19.3 Å². The molecule has 1 aromatic rings. The van der Waals surface area contributed by atoms with E-state index in [1.165, 1.54) is 13.0 Å². The first kappa shape index (κ1) is 67.8. The van der Waals surface area contributed by atoms with Gasteiger partial charge in [0.25, 0.3) is 0 Å². The maximum atomic E-state index is 14.2. The van der Waals surface area contributed by atoms with Crippen LogP contribution in [-0.4, -0.2) is 196 Å². The molecule has 12 N–H and O–H groups in total. The Morgan fingerprint density at radius 2 is 1.27 bits per heavy atom. The van der Waals surface area contributed by atoms with E-state index in [1.54, 1.807) is 86.8 Å². The molecule has 3 heterocycles. The molecule has 3 aliphatic heterocycles. The van der Waals surface area contributed by atoms with Gasteiger partial charge in [-0.15, -0.1) is 0 Å². The fourth-order valence-electron chi connectivity index (χ4n) is 10.3. The summed E-state index contributed by atoms with van der Waals surface area (Å²) in [6, 6.07) is 7.44. The topological polar surface area (TPSA) is 326 Å². The number of aliphatic carboxylic acids is 1. The van der Waals surface area contributed by atoms with E-state index in [-0.39, 0.29) is 25.2 Å². The minimum atomic E-state index is -2.39. The second-order valence-electron chi connectivity index (χ2n) is 21.5. The molecule has 0 aliphatic carbocycles. The van der Waals surface area contributed by atoms with E-state index in [0.717, 1.165) is 5.56 Å². The number of carboxylic acids is 1. The smallest absolute Gasteiger partial charge is 0.311 e. The van der Waals surface area contributed by atoms with Crippen molar-refractivity contribution in [3.8, 4) is 0 Å². The van der Waals surface area contributed by atoms with Crippen molar-refractivity contribution in [1.29, 1.82) is 0 Å². The van der Waals surface area contributed by atoms with Crippen molar-refractivity contribution in [3.63, 3.8) is 0 Å². The number of aliphatic hydroxyl groups excluding tert-OH is 9. The lowest BCUT2D eigenvalue weighted by Gasteiger charge is -2.45. The van der Waals surface area contributed by atoms with Crippen LogP contribution in [0.3, 0.4) is 0 Å². The normalized spacial score (nSPS) is 39.5. The zero-order chi connectivity index (χ0) is 59.1. The number of ether oxygens (including phenoxy) is 4. The number of aliphatic hydroxyl groups is 10. The summed E-state index contributed by atoms with van der Waals surface area (Å²) in [5, 5.41) is 125. The van der Waals surface area contributed by atoms with Crippen LogP contribution in [-0.2, 0) is 39.8 Å². The van der Waals surface area contributed by atoms with Gasteiger partial charge in [0, 0.05) is 37.5 Å². The molecular weight excluding hydrogens is 1040 g/mol. The number of nitrogens with zero attached hydrogens (tertiary/aromatic N) is 1. The molecule has 1 amide bonds. The van der Waals surface area contributed by atoms with E-state index in [1.807, 2.05) is 62.1 Å². The lowest BCUT2D eigenvalue weighted by Crippen LogP contribution is -2.66. The van der Waals surface area contributed by atoms with Crippen LogP contribution in [0.2, 0.25) is 0 Å². The molecule has 3 aliphatic rings. The van der Waals surface area contributed by atoms with Crippen LogP contribution in [0.1, 0.15) is 98.5 Å². The Balaban J connectivity index is 1.62. The van der Waals surface area contributed by atoms with Crippen molar-refractivity contribution in [3.05, 3.63) is 121 Å². The van der Waals surface area contributed by atoms with Crippen molar-refractivity contribution < 1.29 is 89.5 Å². The summed E-state index contributed by atoms with van der Waals surface area (Å²) in [5.74, 6) is -7.48. The summed E-state index contributed by atoms with van der Waals surface area (Å²) in [6.07, 6.45) is 2.45. The number of allylic oxidation sites excluding steroid dienone is 12. The number of carboxylic acid groups (broad SMARTS) is 1. The number of nitrogens with one attached hydrogen (secondary N) is 1. The van der Waals surface area contributed by atoms with Gasteiger partial charge in [0.2, 0.25) is 5.91 Å². The molecule has 20 heteroatoms. The van der Waals surface area contributed by atoms with Gasteiger partial charge in [-0.2, -0.15) is 0 Å². The zero-order valence-electron chi connectivity index (χ0n) is 46.9. The molecule has 2 bridgehead atoms. The lowest BCUT2D eigenvalue weighted by atomic mass is 9.82. The fraction of sp³-hybridized carbons (Fsp3) is 0.617. The number of rotatable bonds is 10. The molecule has 4 rings (SSSR count). The average molecular weight is 1130 g/mol. The van der Waals surface area contributed by atoms with Gasteiger partial charge in [0.1, 0.15) is 24.2 Å². The summed E-state index contributed by atoms with van der Waals surface area (Å²) < 4.78 is 23.9. The van der Waals surface area contributed by atoms with Crippen LogP contribution in [0.5, 0.6) is 0 Å². The number of hydrogen-bond donors (Lipinski definition) is 12. The van der Waals surface area contributed by atoms with Crippen LogP contribution in [0, 0.1) is 17.8 Å². The SMILES string of the molecule is CCN(CC)[C@@H](Cc1ccccc1)C(=O)N[C@@H]1[C@H](O)[C@H](O[C@H]2/C=C/C=C/C=C/C=C/C=C/C=C/C=C/[C@H](C)[C@@H](O)[C@@H](C)[C@H](C)OC(=O)C[C@H](O)C[C@H](O)CC[C@@H](O)[C@H](O)C[C@H](O)C[C@]3(O)C[C@H](O)[C@@H](C(=O)O)[C@H](C2)O3)O[C@@H](C)[C@H]1O. The molecule has 0 unspecified atom stereocenters. The van der Waals surface area contributed by atoms with E-state index in [0.29, 0.717) is 19.5 Å². The number of hydrogen-bond acceptors (Lipinski definition) is 18. The third-order valence-corrected chi connectivity index (χ3v) is 15.1. The number of carbonyl (C=O) groups excluding carboxylic acids is 2. The number of carbonyl (C=O) groups is 3. The quantitative estimate of drug-likeness (QED) is 0.150. The Morgan fingerprint density at radius 3 is 1.86 bits per heavy atom. The molecule has 20 atom stereocenters. The second kappa shape index (κ2) is 34.0. The molecule has 0 saturated carbocycles. The highest BCUT2D eigenvalue weighted by molar-refractivity contribution is 5.82. The number of esters is 1. The first-order chi connectivity index (χ1) is 38.0. The van der Waals surface area contributed by atoms with Crippen LogP contribution >= 0.6 is 0 Å². The van der Waals surface area contributed by atoms with E-state index in [4.69, 9.17) is 18.9 Å². The Hall–Kier alpha value is -4.75. The van der Waals surface area contributed by atoms with Crippen molar-refractivity contribution >= 4 is 17.8 Å².